The first kappa shape index (κ1) is 10.1. The van der Waals surface area contributed by atoms with Gasteiger partial charge >= 0.3 is 0 Å². The predicted octanol–water partition coefficient (Wildman–Crippen LogP) is 4.40. The van der Waals surface area contributed by atoms with Gasteiger partial charge in [-0.1, -0.05) is 30.9 Å². The lowest BCUT2D eigenvalue weighted by atomic mass is 10.1. The molecule has 2 rings (SSSR count). The highest BCUT2D eigenvalue weighted by Gasteiger charge is 2.10. The number of para-hydroxylation sites is 1. The second-order valence-corrected chi connectivity index (χ2v) is 3.72. The normalized spacial score (nSPS) is 11.3. The van der Waals surface area contributed by atoms with Gasteiger partial charge in [-0.3, -0.25) is 0 Å². The average Bonchev–Trinajstić information content (AvgIpc) is 2.59. The molecule has 0 aliphatic rings. The largest absolute Gasteiger partial charge is 0.455 e. The van der Waals surface area contributed by atoms with Crippen LogP contribution in [0.3, 0.4) is 0 Å². The monoisotopic (exact) mass is 216 g/mol. The molecule has 2 aromatic rings. The summed E-state index contributed by atoms with van der Waals surface area (Å²) in [7, 11) is 0. The third kappa shape index (κ3) is 1.61. The molecular weight excluding hydrogens is 204 g/mol. The molecule has 0 atom stereocenters. The molecular formula is C13H12OS. The third-order valence-corrected chi connectivity index (χ3v) is 2.63. The van der Waals surface area contributed by atoms with E-state index in [-0.39, 0.29) is 0 Å². The lowest BCUT2D eigenvalue weighted by Gasteiger charge is -1.92. The standard InChI is InChI=1S/C13H12OS/c1-3-6-9-10-7-5-8-12(15)13(10)14-11(9)4-2/h3-8,15H,2H2,1H3/b6-3-. The molecule has 1 nitrogen and oxygen atoms in total. The highest BCUT2D eigenvalue weighted by Crippen LogP contribution is 2.31. The van der Waals surface area contributed by atoms with Gasteiger partial charge in [0, 0.05) is 15.8 Å². The van der Waals surface area contributed by atoms with Crippen molar-refractivity contribution in [1.82, 2.24) is 0 Å². The van der Waals surface area contributed by atoms with Crippen molar-refractivity contribution >= 4 is 35.8 Å². The van der Waals surface area contributed by atoms with Crippen molar-refractivity contribution in [3.63, 3.8) is 0 Å². The maximum atomic E-state index is 5.69. The molecule has 0 saturated heterocycles. The minimum atomic E-state index is 0.796. The Hall–Kier alpha value is -1.41. The molecule has 1 aromatic heterocycles. The SMILES string of the molecule is C=Cc1oc2c(S)cccc2c1/C=C\C. The van der Waals surface area contributed by atoms with Crippen molar-refractivity contribution in [2.75, 3.05) is 0 Å². The minimum Gasteiger partial charge on any atom is -0.455 e. The second kappa shape index (κ2) is 3.99. The summed E-state index contributed by atoms with van der Waals surface area (Å²) in [6, 6.07) is 5.92. The van der Waals surface area contributed by atoms with Crippen molar-refractivity contribution < 1.29 is 4.42 Å². The molecule has 0 saturated carbocycles. The highest BCUT2D eigenvalue weighted by atomic mass is 32.1. The van der Waals surface area contributed by atoms with E-state index < -0.39 is 0 Å². The fraction of sp³-hybridized carbons (Fsp3) is 0.0769. The Morgan fingerprint density at radius 1 is 1.40 bits per heavy atom. The Kier molecular flexibility index (Phi) is 2.69. The number of benzene rings is 1. The molecule has 1 heterocycles. The molecule has 0 aliphatic carbocycles. The van der Waals surface area contributed by atoms with E-state index in [1.54, 1.807) is 6.08 Å². The Morgan fingerprint density at radius 2 is 2.20 bits per heavy atom. The first-order valence-electron chi connectivity index (χ1n) is 4.77. The van der Waals surface area contributed by atoms with Gasteiger partial charge in [-0.25, -0.2) is 0 Å². The van der Waals surface area contributed by atoms with Crippen LogP contribution in [0.5, 0.6) is 0 Å². The molecule has 76 valence electrons. The van der Waals surface area contributed by atoms with Gasteiger partial charge in [0.15, 0.2) is 0 Å². The van der Waals surface area contributed by atoms with Gasteiger partial charge in [0.2, 0.25) is 0 Å². The van der Waals surface area contributed by atoms with Gasteiger partial charge in [-0.15, -0.1) is 12.6 Å². The summed E-state index contributed by atoms with van der Waals surface area (Å²) in [5.41, 5.74) is 1.89. The van der Waals surface area contributed by atoms with E-state index in [0.717, 1.165) is 27.2 Å². The predicted molar refractivity (Wildman–Crippen MR) is 68.3 cm³/mol. The molecule has 15 heavy (non-hydrogen) atoms. The van der Waals surface area contributed by atoms with E-state index in [2.05, 4.69) is 19.2 Å². The maximum absolute atomic E-state index is 5.69. The van der Waals surface area contributed by atoms with E-state index in [9.17, 15) is 0 Å². The topological polar surface area (TPSA) is 13.1 Å². The van der Waals surface area contributed by atoms with Gasteiger partial charge in [0.05, 0.1) is 0 Å². The summed E-state index contributed by atoms with van der Waals surface area (Å²) in [6.07, 6.45) is 5.74. The van der Waals surface area contributed by atoms with Crippen LogP contribution in [-0.4, -0.2) is 0 Å². The molecule has 0 spiro atoms. The van der Waals surface area contributed by atoms with Gasteiger partial charge in [0.1, 0.15) is 11.3 Å². The van der Waals surface area contributed by atoms with Crippen LogP contribution in [0.4, 0.5) is 0 Å². The van der Waals surface area contributed by atoms with E-state index in [1.807, 2.05) is 37.3 Å². The quantitative estimate of drug-likeness (QED) is 0.734. The molecule has 0 N–H and O–H groups in total. The van der Waals surface area contributed by atoms with Crippen molar-refractivity contribution in [1.29, 1.82) is 0 Å². The number of allylic oxidation sites excluding steroid dienone is 1. The zero-order valence-electron chi connectivity index (χ0n) is 8.53. The van der Waals surface area contributed by atoms with Gasteiger partial charge in [0.25, 0.3) is 0 Å². The van der Waals surface area contributed by atoms with E-state index in [4.69, 9.17) is 4.42 Å². The molecule has 0 aliphatic heterocycles. The number of rotatable bonds is 2. The first-order chi connectivity index (χ1) is 7.27. The van der Waals surface area contributed by atoms with Gasteiger partial charge in [-0.05, 0) is 19.1 Å². The molecule has 2 heteroatoms. The fourth-order valence-electron chi connectivity index (χ4n) is 1.63. The molecule has 0 unspecified atom stereocenters. The molecule has 1 aromatic carbocycles. The van der Waals surface area contributed by atoms with Crippen LogP contribution in [0, 0.1) is 0 Å². The Balaban J connectivity index is 2.85. The van der Waals surface area contributed by atoms with Gasteiger partial charge in [-0.2, -0.15) is 0 Å². The maximum Gasteiger partial charge on any atom is 0.148 e. The summed E-state index contributed by atoms with van der Waals surface area (Å²) in [5.74, 6) is 0.796. The van der Waals surface area contributed by atoms with Crippen LogP contribution in [0.15, 0.2) is 40.2 Å². The van der Waals surface area contributed by atoms with Crippen LogP contribution < -0.4 is 0 Å². The number of furan rings is 1. The van der Waals surface area contributed by atoms with Gasteiger partial charge < -0.3 is 4.42 Å². The highest BCUT2D eigenvalue weighted by molar-refractivity contribution is 7.80. The van der Waals surface area contributed by atoms with Crippen LogP contribution in [-0.2, 0) is 0 Å². The zero-order valence-corrected chi connectivity index (χ0v) is 9.42. The average molecular weight is 216 g/mol. The molecule has 0 fully saturated rings. The van der Waals surface area contributed by atoms with E-state index >= 15 is 0 Å². The zero-order chi connectivity index (χ0) is 10.8. The minimum absolute atomic E-state index is 0.796. The van der Waals surface area contributed by atoms with Crippen molar-refractivity contribution in [3.05, 3.63) is 42.2 Å². The number of fused-ring (bicyclic) bond motifs is 1. The Morgan fingerprint density at radius 3 is 2.87 bits per heavy atom. The summed E-state index contributed by atoms with van der Waals surface area (Å²) in [5, 5.41) is 1.08. The number of hydrogen-bond donors (Lipinski definition) is 1. The van der Waals surface area contributed by atoms with E-state index in [1.165, 1.54) is 0 Å². The molecule has 0 bridgehead atoms. The number of thiol groups is 1. The lowest BCUT2D eigenvalue weighted by molar-refractivity contribution is 0.597. The fourth-order valence-corrected chi connectivity index (χ4v) is 1.88. The van der Waals surface area contributed by atoms with Crippen LogP contribution in [0.1, 0.15) is 18.2 Å². The smallest absolute Gasteiger partial charge is 0.148 e. The molecule has 0 radical (unpaired) electrons. The summed E-state index contributed by atoms with van der Waals surface area (Å²) >= 11 is 4.37. The summed E-state index contributed by atoms with van der Waals surface area (Å²) in [4.78, 5) is 0.853. The third-order valence-electron chi connectivity index (χ3n) is 2.28. The van der Waals surface area contributed by atoms with Crippen molar-refractivity contribution in [2.24, 2.45) is 0 Å². The second-order valence-electron chi connectivity index (χ2n) is 3.24. The summed E-state index contributed by atoms with van der Waals surface area (Å²) in [6.45, 7) is 5.73. The van der Waals surface area contributed by atoms with Crippen LogP contribution in [0.25, 0.3) is 23.1 Å². The van der Waals surface area contributed by atoms with Crippen LogP contribution in [0.2, 0.25) is 0 Å². The Bertz CT molecular complexity index is 535. The number of hydrogen-bond acceptors (Lipinski definition) is 2. The molecule has 0 amide bonds. The van der Waals surface area contributed by atoms with E-state index in [0.29, 0.717) is 0 Å². The van der Waals surface area contributed by atoms with Crippen molar-refractivity contribution in [3.8, 4) is 0 Å². The first-order valence-corrected chi connectivity index (χ1v) is 5.22. The lowest BCUT2D eigenvalue weighted by Crippen LogP contribution is -1.72. The van der Waals surface area contributed by atoms with Crippen LogP contribution >= 0.6 is 12.6 Å². The summed E-state index contributed by atoms with van der Waals surface area (Å²) < 4.78 is 5.69. The van der Waals surface area contributed by atoms with Crippen molar-refractivity contribution in [2.45, 2.75) is 11.8 Å². The Labute approximate surface area is 94.5 Å².